The van der Waals surface area contributed by atoms with E-state index < -0.39 is 11.4 Å². The topological polar surface area (TPSA) is 75.4 Å². The van der Waals surface area contributed by atoms with Crippen molar-refractivity contribution in [2.45, 2.75) is 39.2 Å². The van der Waals surface area contributed by atoms with Gasteiger partial charge in [0.05, 0.1) is 5.41 Å². The molecule has 0 bridgehead atoms. The van der Waals surface area contributed by atoms with Crippen molar-refractivity contribution >= 4 is 11.9 Å². The molecule has 6 heteroatoms. The number of rotatable bonds is 5. The van der Waals surface area contributed by atoms with E-state index in [4.69, 9.17) is 0 Å². The van der Waals surface area contributed by atoms with Crippen LogP contribution in [0, 0.1) is 5.41 Å². The Balaban J connectivity index is 1.81. The summed E-state index contributed by atoms with van der Waals surface area (Å²) in [6.45, 7) is 3.42. The first-order valence-electron chi connectivity index (χ1n) is 7.00. The van der Waals surface area contributed by atoms with Crippen molar-refractivity contribution in [1.82, 2.24) is 14.7 Å². The van der Waals surface area contributed by atoms with Gasteiger partial charge in [0.2, 0.25) is 5.91 Å². The Morgan fingerprint density at radius 2 is 2.25 bits per heavy atom. The molecular formula is C14H21N3O3. The molecule has 1 fully saturated rings. The van der Waals surface area contributed by atoms with Crippen molar-refractivity contribution in [1.29, 1.82) is 0 Å². The number of hydrogen-bond acceptors (Lipinski definition) is 3. The van der Waals surface area contributed by atoms with Gasteiger partial charge in [-0.3, -0.25) is 14.3 Å². The molecule has 20 heavy (non-hydrogen) atoms. The van der Waals surface area contributed by atoms with Crippen LogP contribution >= 0.6 is 0 Å². The van der Waals surface area contributed by atoms with E-state index in [1.165, 1.54) is 0 Å². The first kappa shape index (κ1) is 14.6. The van der Waals surface area contributed by atoms with Crippen molar-refractivity contribution in [2.24, 2.45) is 5.41 Å². The molecule has 2 heterocycles. The van der Waals surface area contributed by atoms with E-state index in [2.05, 4.69) is 5.10 Å². The van der Waals surface area contributed by atoms with E-state index in [1.807, 2.05) is 12.3 Å². The van der Waals surface area contributed by atoms with Crippen molar-refractivity contribution in [3.8, 4) is 0 Å². The summed E-state index contributed by atoms with van der Waals surface area (Å²) in [5.41, 5.74) is -0.796. The van der Waals surface area contributed by atoms with Crippen LogP contribution in [0.4, 0.5) is 0 Å². The van der Waals surface area contributed by atoms with Crippen molar-refractivity contribution in [3.05, 3.63) is 18.5 Å². The Kier molecular flexibility index (Phi) is 4.42. The van der Waals surface area contributed by atoms with Gasteiger partial charge in [-0.25, -0.2) is 0 Å². The van der Waals surface area contributed by atoms with Gasteiger partial charge >= 0.3 is 5.97 Å². The van der Waals surface area contributed by atoms with Crippen LogP contribution in [0.3, 0.4) is 0 Å². The Morgan fingerprint density at radius 3 is 2.90 bits per heavy atom. The summed E-state index contributed by atoms with van der Waals surface area (Å²) in [6, 6.07) is 1.85. The molecule has 1 aliphatic rings. The summed E-state index contributed by atoms with van der Waals surface area (Å²) < 4.78 is 1.80. The predicted molar refractivity (Wildman–Crippen MR) is 73.0 cm³/mol. The van der Waals surface area contributed by atoms with E-state index in [0.29, 0.717) is 32.5 Å². The number of nitrogens with zero attached hydrogens (tertiary/aromatic N) is 3. The number of amides is 1. The number of hydrogen-bond donors (Lipinski definition) is 1. The molecule has 0 aromatic carbocycles. The molecule has 0 radical (unpaired) electrons. The normalized spacial score (nSPS) is 22.8. The highest BCUT2D eigenvalue weighted by Gasteiger charge is 2.39. The van der Waals surface area contributed by atoms with Gasteiger partial charge in [0.25, 0.3) is 0 Å². The molecule has 2 rings (SSSR count). The standard InChI is InChI=1S/C14H21N3O3/c1-14(13(19)20)6-3-8-16(11-14)12(18)5-2-9-17-10-4-7-15-17/h4,7,10H,2-3,5-6,8-9,11H2,1H3,(H,19,20)/t14-/m0/s1. The average Bonchev–Trinajstić information content (AvgIpc) is 2.91. The summed E-state index contributed by atoms with van der Waals surface area (Å²) in [5, 5.41) is 13.3. The summed E-state index contributed by atoms with van der Waals surface area (Å²) in [7, 11) is 0. The molecule has 1 aliphatic heterocycles. The molecular weight excluding hydrogens is 258 g/mol. The summed E-state index contributed by atoms with van der Waals surface area (Å²) >= 11 is 0. The Morgan fingerprint density at radius 1 is 1.45 bits per heavy atom. The van der Waals surface area contributed by atoms with Crippen molar-refractivity contribution in [2.75, 3.05) is 13.1 Å². The maximum Gasteiger partial charge on any atom is 0.311 e. The number of aryl methyl sites for hydroxylation is 1. The summed E-state index contributed by atoms with van der Waals surface area (Å²) in [4.78, 5) is 25.1. The summed E-state index contributed by atoms with van der Waals surface area (Å²) in [6.07, 6.45) is 6.14. The van der Waals surface area contributed by atoms with E-state index >= 15 is 0 Å². The molecule has 1 saturated heterocycles. The molecule has 0 unspecified atom stereocenters. The lowest BCUT2D eigenvalue weighted by Gasteiger charge is -2.37. The molecule has 1 N–H and O–H groups in total. The third kappa shape index (κ3) is 3.37. The van der Waals surface area contributed by atoms with E-state index in [1.54, 1.807) is 22.7 Å². The number of carbonyl (C=O) groups is 2. The minimum Gasteiger partial charge on any atom is -0.481 e. The third-order valence-electron chi connectivity index (χ3n) is 3.90. The zero-order valence-electron chi connectivity index (χ0n) is 11.8. The maximum absolute atomic E-state index is 12.1. The fourth-order valence-electron chi connectivity index (χ4n) is 2.61. The van der Waals surface area contributed by atoms with Crippen molar-refractivity contribution < 1.29 is 14.7 Å². The van der Waals surface area contributed by atoms with Crippen LogP contribution in [0.2, 0.25) is 0 Å². The number of aliphatic carboxylic acids is 1. The Hall–Kier alpha value is -1.85. The first-order valence-corrected chi connectivity index (χ1v) is 7.00. The smallest absolute Gasteiger partial charge is 0.311 e. The molecule has 1 aromatic heterocycles. The van der Waals surface area contributed by atoms with Gasteiger partial charge in [0, 0.05) is 38.4 Å². The zero-order valence-corrected chi connectivity index (χ0v) is 11.8. The molecule has 1 aromatic rings. The van der Waals surface area contributed by atoms with Crippen LogP contribution < -0.4 is 0 Å². The van der Waals surface area contributed by atoms with Crippen LogP contribution in [-0.2, 0) is 16.1 Å². The molecule has 0 saturated carbocycles. The molecule has 0 aliphatic carbocycles. The molecule has 6 nitrogen and oxygen atoms in total. The SMILES string of the molecule is C[C@]1(C(=O)O)CCCN(C(=O)CCCn2cccn2)C1. The number of piperidine rings is 1. The Labute approximate surface area is 118 Å². The first-order chi connectivity index (χ1) is 9.51. The van der Waals surface area contributed by atoms with Crippen LogP contribution in [-0.4, -0.2) is 44.8 Å². The number of carboxylic acid groups (broad SMARTS) is 1. The zero-order chi connectivity index (χ0) is 14.6. The molecule has 110 valence electrons. The molecule has 1 amide bonds. The average molecular weight is 279 g/mol. The second-order valence-electron chi connectivity index (χ2n) is 5.66. The lowest BCUT2D eigenvalue weighted by Crippen LogP contribution is -2.48. The number of aromatic nitrogens is 2. The highest BCUT2D eigenvalue weighted by Crippen LogP contribution is 2.30. The molecule has 1 atom stereocenters. The van der Waals surface area contributed by atoms with Gasteiger partial charge in [0.1, 0.15) is 0 Å². The molecule has 0 spiro atoms. The van der Waals surface area contributed by atoms with Crippen LogP contribution in [0.1, 0.15) is 32.6 Å². The van der Waals surface area contributed by atoms with E-state index in [0.717, 1.165) is 12.8 Å². The lowest BCUT2D eigenvalue weighted by molar-refractivity contribution is -0.153. The van der Waals surface area contributed by atoms with E-state index in [9.17, 15) is 14.7 Å². The largest absolute Gasteiger partial charge is 0.481 e. The fraction of sp³-hybridized carbons (Fsp3) is 0.643. The number of carboxylic acids is 1. The quantitative estimate of drug-likeness (QED) is 0.883. The van der Waals surface area contributed by atoms with E-state index in [-0.39, 0.29) is 5.91 Å². The van der Waals surface area contributed by atoms with Crippen molar-refractivity contribution in [3.63, 3.8) is 0 Å². The third-order valence-corrected chi connectivity index (χ3v) is 3.90. The monoisotopic (exact) mass is 279 g/mol. The highest BCUT2D eigenvalue weighted by molar-refractivity contribution is 5.79. The maximum atomic E-state index is 12.1. The highest BCUT2D eigenvalue weighted by atomic mass is 16.4. The van der Waals surface area contributed by atoms with Crippen LogP contribution in [0.5, 0.6) is 0 Å². The Bertz CT molecular complexity index is 472. The fourth-order valence-corrected chi connectivity index (χ4v) is 2.61. The van der Waals surface area contributed by atoms with Gasteiger partial charge < -0.3 is 10.0 Å². The van der Waals surface area contributed by atoms with Gasteiger partial charge in [-0.05, 0) is 32.3 Å². The number of likely N-dealkylation sites (tertiary alicyclic amines) is 1. The van der Waals surface area contributed by atoms with Gasteiger partial charge in [0.15, 0.2) is 0 Å². The minimum absolute atomic E-state index is 0.0457. The minimum atomic E-state index is -0.813. The summed E-state index contributed by atoms with van der Waals surface area (Å²) in [5.74, 6) is -0.768. The predicted octanol–water partition coefficient (Wildman–Crippen LogP) is 1.38. The second kappa shape index (κ2) is 6.07. The lowest BCUT2D eigenvalue weighted by atomic mass is 9.82. The van der Waals surface area contributed by atoms with Gasteiger partial charge in [-0.15, -0.1) is 0 Å². The van der Waals surface area contributed by atoms with Gasteiger partial charge in [-0.1, -0.05) is 0 Å². The van der Waals surface area contributed by atoms with Crippen LogP contribution in [0.25, 0.3) is 0 Å². The van der Waals surface area contributed by atoms with Gasteiger partial charge in [-0.2, -0.15) is 5.10 Å². The number of carbonyl (C=O) groups excluding carboxylic acids is 1. The second-order valence-corrected chi connectivity index (χ2v) is 5.66. The van der Waals surface area contributed by atoms with Crippen LogP contribution in [0.15, 0.2) is 18.5 Å².